The molecule has 1 amide bonds. The lowest BCUT2D eigenvalue weighted by Crippen LogP contribution is -2.49. The van der Waals surface area contributed by atoms with Gasteiger partial charge in [-0.2, -0.15) is 0 Å². The molecule has 0 unspecified atom stereocenters. The van der Waals surface area contributed by atoms with Crippen LogP contribution in [0.4, 0.5) is 35.4 Å². The number of piperazine rings is 2. The molecule has 23 nitrogen and oxygen atoms in total. The summed E-state index contributed by atoms with van der Waals surface area (Å²) in [6.07, 6.45) is 13.2. The largest absolute Gasteiger partial charge is 0.378 e. The van der Waals surface area contributed by atoms with E-state index in [1.54, 1.807) is 24.8 Å². The van der Waals surface area contributed by atoms with Crippen molar-refractivity contribution >= 4 is 63.7 Å². The quantitative estimate of drug-likeness (QED) is 0.159. The van der Waals surface area contributed by atoms with E-state index in [4.69, 9.17) is 50.8 Å². The fraction of sp³-hybridized carbons (Fsp3) is 0.587. The summed E-state index contributed by atoms with van der Waals surface area (Å²) in [5.41, 5.74) is 16.3. The molecule has 6 aromatic rings. The highest BCUT2D eigenvalue weighted by Crippen LogP contribution is 2.38. The minimum Gasteiger partial charge on any atom is -0.378 e. The molecule has 4 aliphatic heterocycles. The average Bonchev–Trinajstić information content (AvgIpc) is 4.34. The molecule has 69 heavy (non-hydrogen) atoms. The number of fused-ring (bicyclic) bond motifs is 2. The van der Waals surface area contributed by atoms with Crippen molar-refractivity contribution in [2.24, 2.45) is 11.8 Å². The number of carbonyl (C=O) groups is 1. The lowest BCUT2D eigenvalue weighted by molar-refractivity contribution is -0.131. The fourth-order valence-corrected chi connectivity index (χ4v) is 9.44. The third-order valence-corrected chi connectivity index (χ3v) is 13.6. The molecule has 12 rings (SSSR count). The summed E-state index contributed by atoms with van der Waals surface area (Å²) < 4.78 is 15.8. The Labute approximate surface area is 400 Å². The number of nitrogens with one attached hydrogen (secondary N) is 1. The SMILES string of the molecule is CCCC(=O)N1CCN(c2nc3c(N4CCOCC4)nc(-c4cnc(N)nc4)nc3n2CC2CC2)CC1.Nc1ncc(-c2nc(N3CCOCC3)c3nc(N4CCNCC4)n(CC4CC4)c3n2)cn1. The van der Waals surface area contributed by atoms with Crippen LogP contribution >= 0.6 is 0 Å². The summed E-state index contributed by atoms with van der Waals surface area (Å²) in [5.74, 6) is 6.78. The minimum absolute atomic E-state index is 0.218. The molecule has 0 radical (unpaired) electrons. The van der Waals surface area contributed by atoms with E-state index in [1.807, 2.05) is 11.8 Å². The number of anilines is 6. The highest BCUT2D eigenvalue weighted by atomic mass is 16.5. The molecule has 0 bridgehead atoms. The normalized spacial score (nSPS) is 19.1. The fourth-order valence-electron chi connectivity index (χ4n) is 9.44. The van der Waals surface area contributed by atoms with Gasteiger partial charge in [-0.3, -0.25) is 13.9 Å². The predicted octanol–water partition coefficient (Wildman–Crippen LogP) is 2.08. The summed E-state index contributed by atoms with van der Waals surface area (Å²) in [4.78, 5) is 70.5. The van der Waals surface area contributed by atoms with E-state index < -0.39 is 0 Å². The maximum absolute atomic E-state index is 12.5. The summed E-state index contributed by atoms with van der Waals surface area (Å²) in [6.45, 7) is 16.3. The number of hydrogen-bond acceptors (Lipinski definition) is 20. The number of imidazole rings is 2. The Balaban J connectivity index is 0.000000152. The molecule has 5 N–H and O–H groups in total. The first-order chi connectivity index (χ1) is 33.9. The first kappa shape index (κ1) is 44.9. The highest BCUT2D eigenvalue weighted by Gasteiger charge is 2.33. The van der Waals surface area contributed by atoms with Gasteiger partial charge in [-0.15, -0.1) is 0 Å². The number of hydrogen-bond donors (Lipinski definition) is 3. The number of ether oxygens (including phenoxy) is 2. The van der Waals surface area contributed by atoms with Crippen LogP contribution in [0.2, 0.25) is 0 Å². The Hall–Kier alpha value is -6.59. The van der Waals surface area contributed by atoms with Gasteiger partial charge in [-0.05, 0) is 43.9 Å². The van der Waals surface area contributed by atoms with Crippen LogP contribution in [0.5, 0.6) is 0 Å². The van der Waals surface area contributed by atoms with E-state index in [9.17, 15) is 4.79 Å². The molecule has 2 saturated carbocycles. The molecule has 0 aromatic carbocycles. The van der Waals surface area contributed by atoms with Crippen molar-refractivity contribution in [3.05, 3.63) is 24.8 Å². The van der Waals surface area contributed by atoms with Crippen LogP contribution in [0.1, 0.15) is 45.4 Å². The lowest BCUT2D eigenvalue weighted by atomic mass is 10.2. The second kappa shape index (κ2) is 19.8. The molecule has 6 aromatic heterocycles. The first-order valence-corrected chi connectivity index (χ1v) is 24.7. The zero-order valence-corrected chi connectivity index (χ0v) is 39.4. The minimum atomic E-state index is 0.218. The third-order valence-electron chi connectivity index (χ3n) is 13.6. The van der Waals surface area contributed by atoms with E-state index in [-0.39, 0.29) is 17.8 Å². The van der Waals surface area contributed by atoms with E-state index in [2.05, 4.69) is 54.0 Å². The van der Waals surface area contributed by atoms with Gasteiger partial charge in [-0.1, -0.05) is 6.92 Å². The van der Waals surface area contributed by atoms with Crippen molar-refractivity contribution in [1.82, 2.24) is 69.2 Å². The summed E-state index contributed by atoms with van der Waals surface area (Å²) in [5, 5.41) is 3.44. The molecule has 10 heterocycles. The molecule has 23 heteroatoms. The monoisotopic (exact) mass is 943 g/mol. The Morgan fingerprint density at radius 3 is 1.43 bits per heavy atom. The van der Waals surface area contributed by atoms with Gasteiger partial charge in [0.05, 0.1) is 37.6 Å². The zero-order chi connectivity index (χ0) is 46.8. The summed E-state index contributed by atoms with van der Waals surface area (Å²) >= 11 is 0. The van der Waals surface area contributed by atoms with Gasteiger partial charge in [0.25, 0.3) is 0 Å². The first-order valence-electron chi connectivity index (χ1n) is 24.7. The molecule has 0 atom stereocenters. The number of nitrogen functional groups attached to an aromatic ring is 2. The van der Waals surface area contributed by atoms with Crippen LogP contribution in [0.15, 0.2) is 24.8 Å². The number of nitrogens with two attached hydrogens (primary N) is 2. The number of nitrogens with zero attached hydrogens (tertiary/aromatic N) is 17. The van der Waals surface area contributed by atoms with E-state index >= 15 is 0 Å². The summed E-state index contributed by atoms with van der Waals surface area (Å²) in [6, 6.07) is 0. The number of morpholine rings is 2. The summed E-state index contributed by atoms with van der Waals surface area (Å²) in [7, 11) is 0. The Bertz CT molecular complexity index is 2730. The molecule has 6 fully saturated rings. The number of carbonyl (C=O) groups excluding carboxylic acids is 1. The molecular weight excluding hydrogens is 881 g/mol. The number of rotatable bonds is 12. The predicted molar refractivity (Wildman–Crippen MR) is 262 cm³/mol. The Morgan fingerprint density at radius 2 is 1.01 bits per heavy atom. The van der Waals surface area contributed by atoms with Gasteiger partial charge in [0.1, 0.15) is 0 Å². The van der Waals surface area contributed by atoms with Crippen molar-refractivity contribution in [3.63, 3.8) is 0 Å². The van der Waals surface area contributed by atoms with Crippen molar-refractivity contribution in [2.45, 2.75) is 58.5 Å². The van der Waals surface area contributed by atoms with Crippen molar-refractivity contribution in [1.29, 1.82) is 0 Å². The number of amides is 1. The maximum atomic E-state index is 12.5. The van der Waals surface area contributed by atoms with Gasteiger partial charge >= 0.3 is 0 Å². The van der Waals surface area contributed by atoms with Gasteiger partial charge in [0.2, 0.25) is 29.7 Å². The zero-order valence-electron chi connectivity index (χ0n) is 39.4. The molecule has 6 aliphatic rings. The van der Waals surface area contributed by atoms with Crippen LogP contribution in [0.25, 0.3) is 45.1 Å². The van der Waals surface area contributed by atoms with E-state index in [1.165, 1.54) is 25.7 Å². The van der Waals surface area contributed by atoms with Crippen LogP contribution < -0.4 is 36.4 Å². The van der Waals surface area contributed by atoms with E-state index in [0.717, 1.165) is 142 Å². The second-order valence-corrected chi connectivity index (χ2v) is 18.7. The van der Waals surface area contributed by atoms with Crippen molar-refractivity contribution in [2.75, 3.05) is 136 Å². The molecule has 2 aliphatic carbocycles. The molecule has 0 spiro atoms. The molecular formula is C46H62N20O3. The lowest BCUT2D eigenvalue weighted by Gasteiger charge is -2.35. The standard InChI is InChI=1S/C25H34N10O2.C21H28N10O/c1-2-3-19(36)32-6-8-34(9-7-32)25-29-20-22(33-10-12-37-13-11-33)30-21(18-14-27-24(26)28-15-18)31-23(20)35(25)16-17-4-5-17;22-20-24-11-15(12-25-20)17-27-18(29-7-9-32-10-8-29)16-19(28-17)31(13-14-1-2-14)21(26-16)30-5-3-23-4-6-30/h14-15,17H,2-13,16H2,1H3,(H2,26,27,28);11-12,14,23H,1-10,13H2,(H2,22,24,25). The van der Waals surface area contributed by atoms with Crippen molar-refractivity contribution in [3.8, 4) is 22.8 Å². The van der Waals surface area contributed by atoms with Crippen LogP contribution in [-0.4, -0.2) is 175 Å². The topological polar surface area (TPSA) is 255 Å². The van der Waals surface area contributed by atoms with Crippen LogP contribution in [0.3, 0.4) is 0 Å². The second-order valence-electron chi connectivity index (χ2n) is 18.7. The Kier molecular flexibility index (Phi) is 12.9. The van der Waals surface area contributed by atoms with Gasteiger partial charge < -0.3 is 50.8 Å². The van der Waals surface area contributed by atoms with Crippen LogP contribution in [0, 0.1) is 11.8 Å². The molecule has 364 valence electrons. The van der Waals surface area contributed by atoms with Gasteiger partial charge in [0.15, 0.2) is 45.6 Å². The van der Waals surface area contributed by atoms with Gasteiger partial charge in [0, 0.05) is 123 Å². The highest BCUT2D eigenvalue weighted by molar-refractivity contribution is 5.89. The van der Waals surface area contributed by atoms with Crippen molar-refractivity contribution < 1.29 is 14.3 Å². The smallest absolute Gasteiger partial charge is 0.222 e. The van der Waals surface area contributed by atoms with Crippen LogP contribution in [-0.2, 0) is 27.4 Å². The van der Waals surface area contributed by atoms with Gasteiger partial charge in [-0.25, -0.2) is 49.8 Å². The maximum Gasteiger partial charge on any atom is 0.222 e. The third kappa shape index (κ3) is 9.84. The molecule has 4 saturated heterocycles. The number of aromatic nitrogens is 12. The van der Waals surface area contributed by atoms with E-state index in [0.29, 0.717) is 69.4 Å². The Morgan fingerprint density at radius 1 is 0.580 bits per heavy atom. The average molecular weight is 943 g/mol.